The number of rotatable bonds is 6. The van der Waals surface area contributed by atoms with Crippen LogP contribution < -0.4 is 10.6 Å². The number of aryl methyl sites for hydroxylation is 2. The van der Waals surface area contributed by atoms with Crippen molar-refractivity contribution in [2.75, 3.05) is 5.32 Å². The Labute approximate surface area is 155 Å². The number of amides is 2. The second-order valence-corrected chi connectivity index (χ2v) is 7.06. The van der Waals surface area contributed by atoms with Crippen molar-refractivity contribution in [2.24, 2.45) is 0 Å². The van der Waals surface area contributed by atoms with Crippen LogP contribution in [0.3, 0.4) is 0 Å². The first kappa shape index (κ1) is 18.1. The van der Waals surface area contributed by atoms with Gasteiger partial charge in [0, 0.05) is 12.6 Å². The number of anilines is 1. The van der Waals surface area contributed by atoms with Gasteiger partial charge in [-0.25, -0.2) is 9.50 Å². The van der Waals surface area contributed by atoms with Crippen molar-refractivity contribution >= 4 is 33.8 Å². The average Bonchev–Trinajstić information content (AvgIpc) is 3.11. The summed E-state index contributed by atoms with van der Waals surface area (Å²) >= 11 is 1.57. The Balaban J connectivity index is 1.61. The van der Waals surface area contributed by atoms with Crippen LogP contribution in [0, 0.1) is 6.92 Å². The summed E-state index contributed by atoms with van der Waals surface area (Å²) in [6.45, 7) is 5.84. The van der Waals surface area contributed by atoms with Crippen molar-refractivity contribution < 1.29 is 9.59 Å². The molecule has 3 rings (SSSR count). The fourth-order valence-electron chi connectivity index (χ4n) is 2.62. The summed E-state index contributed by atoms with van der Waals surface area (Å²) in [6.07, 6.45) is 1.14. The molecule has 0 atom stereocenters. The van der Waals surface area contributed by atoms with Crippen LogP contribution >= 0.6 is 11.3 Å². The summed E-state index contributed by atoms with van der Waals surface area (Å²) in [5.41, 5.74) is 3.39. The second kappa shape index (κ2) is 7.65. The average molecular weight is 371 g/mol. The number of imidazole rings is 1. The molecule has 0 aliphatic rings. The van der Waals surface area contributed by atoms with Gasteiger partial charge in [-0.1, -0.05) is 30.4 Å². The van der Waals surface area contributed by atoms with Crippen molar-refractivity contribution in [3.05, 3.63) is 46.2 Å². The van der Waals surface area contributed by atoms with Gasteiger partial charge in [0.15, 0.2) is 0 Å². The third-order valence-corrected chi connectivity index (χ3v) is 4.99. The van der Waals surface area contributed by atoms with Crippen LogP contribution in [-0.4, -0.2) is 26.4 Å². The van der Waals surface area contributed by atoms with Crippen LogP contribution in [0.5, 0.6) is 0 Å². The second-order valence-electron chi connectivity index (χ2n) is 6.02. The molecular formula is C18H21N5O2S. The van der Waals surface area contributed by atoms with Crippen LogP contribution in [-0.2, 0) is 29.0 Å². The summed E-state index contributed by atoms with van der Waals surface area (Å²) in [4.78, 5) is 28.6. The molecule has 2 aromatic heterocycles. The molecule has 3 aromatic rings. The third kappa shape index (κ3) is 4.08. The molecule has 0 aliphatic carbocycles. The lowest BCUT2D eigenvalue weighted by Gasteiger charge is -2.07. The highest BCUT2D eigenvalue weighted by Gasteiger charge is 2.14. The van der Waals surface area contributed by atoms with Crippen molar-refractivity contribution in [2.45, 2.75) is 40.2 Å². The molecule has 2 amide bonds. The number of nitrogens with one attached hydrogen (secondary N) is 2. The van der Waals surface area contributed by atoms with E-state index in [9.17, 15) is 9.59 Å². The van der Waals surface area contributed by atoms with E-state index in [1.165, 1.54) is 6.92 Å². The van der Waals surface area contributed by atoms with Gasteiger partial charge in [0.2, 0.25) is 16.8 Å². The van der Waals surface area contributed by atoms with E-state index in [-0.39, 0.29) is 18.2 Å². The van der Waals surface area contributed by atoms with Crippen molar-refractivity contribution in [1.82, 2.24) is 19.9 Å². The lowest BCUT2D eigenvalue weighted by Crippen LogP contribution is -2.25. The minimum Gasteiger partial charge on any atom is -0.350 e. The Hall–Kier alpha value is -2.74. The van der Waals surface area contributed by atoms with E-state index in [1.807, 2.05) is 23.6 Å². The summed E-state index contributed by atoms with van der Waals surface area (Å²) in [5, 5.41) is 11.2. The van der Waals surface area contributed by atoms with E-state index in [0.29, 0.717) is 12.2 Å². The van der Waals surface area contributed by atoms with Gasteiger partial charge in [0.25, 0.3) is 0 Å². The highest BCUT2D eigenvalue weighted by Crippen LogP contribution is 2.19. The van der Waals surface area contributed by atoms with Crippen LogP contribution in [0.4, 0.5) is 5.69 Å². The molecule has 0 bridgehead atoms. The van der Waals surface area contributed by atoms with E-state index < -0.39 is 0 Å². The number of nitrogens with zero attached hydrogens (tertiary/aromatic N) is 3. The van der Waals surface area contributed by atoms with Crippen LogP contribution in [0.15, 0.2) is 24.3 Å². The van der Waals surface area contributed by atoms with Crippen LogP contribution in [0.25, 0.3) is 4.96 Å². The maximum Gasteiger partial charge on any atom is 0.224 e. The SMILES string of the molecule is CCc1nn2c(CNC(=O)Cc3ccc(NC(C)=O)cc3)c(C)nc2s1. The van der Waals surface area contributed by atoms with Gasteiger partial charge in [-0.05, 0) is 31.0 Å². The molecule has 0 saturated carbocycles. The minimum absolute atomic E-state index is 0.0717. The van der Waals surface area contributed by atoms with Gasteiger partial charge in [-0.2, -0.15) is 5.10 Å². The van der Waals surface area contributed by atoms with Crippen molar-refractivity contribution in [3.63, 3.8) is 0 Å². The van der Waals surface area contributed by atoms with Gasteiger partial charge in [0.1, 0.15) is 5.01 Å². The summed E-state index contributed by atoms with van der Waals surface area (Å²) in [7, 11) is 0. The largest absolute Gasteiger partial charge is 0.350 e. The Morgan fingerprint density at radius 3 is 2.62 bits per heavy atom. The number of carbonyl (C=O) groups excluding carboxylic acids is 2. The zero-order valence-electron chi connectivity index (χ0n) is 15.0. The van der Waals surface area contributed by atoms with E-state index in [4.69, 9.17) is 0 Å². The fourth-order valence-corrected chi connectivity index (χ4v) is 3.51. The molecule has 0 aliphatic heterocycles. The number of hydrogen-bond donors (Lipinski definition) is 2. The third-order valence-electron chi connectivity index (χ3n) is 3.93. The lowest BCUT2D eigenvalue weighted by atomic mass is 10.1. The summed E-state index contributed by atoms with van der Waals surface area (Å²) in [6, 6.07) is 7.24. The van der Waals surface area contributed by atoms with E-state index in [1.54, 1.807) is 23.5 Å². The zero-order valence-corrected chi connectivity index (χ0v) is 15.8. The molecule has 0 saturated heterocycles. The highest BCUT2D eigenvalue weighted by molar-refractivity contribution is 7.16. The molecule has 136 valence electrons. The molecule has 0 fully saturated rings. The number of hydrogen-bond acceptors (Lipinski definition) is 5. The zero-order chi connectivity index (χ0) is 18.7. The maximum atomic E-state index is 12.3. The first-order chi connectivity index (χ1) is 12.5. The predicted octanol–water partition coefficient (Wildman–Crippen LogP) is 2.48. The lowest BCUT2D eigenvalue weighted by molar-refractivity contribution is -0.120. The van der Waals surface area contributed by atoms with Gasteiger partial charge in [-0.15, -0.1) is 0 Å². The summed E-state index contributed by atoms with van der Waals surface area (Å²) in [5.74, 6) is -0.191. The monoisotopic (exact) mass is 371 g/mol. The smallest absolute Gasteiger partial charge is 0.224 e. The molecule has 2 heterocycles. The Morgan fingerprint density at radius 1 is 1.23 bits per heavy atom. The van der Waals surface area contributed by atoms with Gasteiger partial charge < -0.3 is 10.6 Å². The first-order valence-electron chi connectivity index (χ1n) is 8.43. The number of benzene rings is 1. The first-order valence-corrected chi connectivity index (χ1v) is 9.25. The van der Waals surface area contributed by atoms with E-state index in [2.05, 4.69) is 27.6 Å². The van der Waals surface area contributed by atoms with E-state index >= 15 is 0 Å². The quantitative estimate of drug-likeness (QED) is 0.697. The number of fused-ring (bicyclic) bond motifs is 1. The van der Waals surface area contributed by atoms with Crippen molar-refractivity contribution in [1.29, 1.82) is 0 Å². The van der Waals surface area contributed by atoms with Crippen LogP contribution in [0.1, 0.15) is 35.8 Å². The molecule has 0 radical (unpaired) electrons. The molecule has 7 nitrogen and oxygen atoms in total. The Kier molecular flexibility index (Phi) is 5.32. The Morgan fingerprint density at radius 2 is 1.96 bits per heavy atom. The van der Waals surface area contributed by atoms with Gasteiger partial charge in [-0.3, -0.25) is 9.59 Å². The summed E-state index contributed by atoms with van der Waals surface area (Å²) < 4.78 is 1.82. The Bertz CT molecular complexity index is 943. The minimum atomic E-state index is -0.119. The molecule has 0 spiro atoms. The topological polar surface area (TPSA) is 88.4 Å². The molecule has 1 aromatic carbocycles. The number of aromatic nitrogens is 3. The fraction of sp³-hybridized carbons (Fsp3) is 0.333. The number of carbonyl (C=O) groups is 2. The van der Waals surface area contributed by atoms with Gasteiger partial charge >= 0.3 is 0 Å². The van der Waals surface area contributed by atoms with Crippen molar-refractivity contribution in [3.8, 4) is 0 Å². The highest BCUT2D eigenvalue weighted by atomic mass is 32.1. The standard InChI is InChI=1S/C18H21N5O2S/c1-4-17-22-23-15(11(2)20-18(23)26-17)10-19-16(25)9-13-5-7-14(8-6-13)21-12(3)24/h5-8H,4,9-10H2,1-3H3,(H,19,25)(H,21,24). The molecule has 26 heavy (non-hydrogen) atoms. The molecular weight excluding hydrogens is 350 g/mol. The molecule has 2 N–H and O–H groups in total. The molecule has 8 heteroatoms. The normalized spacial score (nSPS) is 10.9. The van der Waals surface area contributed by atoms with Crippen LogP contribution in [0.2, 0.25) is 0 Å². The molecule has 0 unspecified atom stereocenters. The predicted molar refractivity (Wildman–Crippen MR) is 101 cm³/mol. The van der Waals surface area contributed by atoms with Gasteiger partial charge in [0.05, 0.1) is 24.4 Å². The van der Waals surface area contributed by atoms with E-state index in [0.717, 1.165) is 33.3 Å². The maximum absolute atomic E-state index is 12.3.